The predicted octanol–water partition coefficient (Wildman–Crippen LogP) is 2.39. The van der Waals surface area contributed by atoms with Crippen molar-refractivity contribution < 1.29 is 9.59 Å². The fourth-order valence-electron chi connectivity index (χ4n) is 4.94. The Morgan fingerprint density at radius 1 is 1.24 bits per heavy atom. The molecule has 2 aromatic rings. The number of amides is 2. The summed E-state index contributed by atoms with van der Waals surface area (Å²) >= 11 is 0. The second-order valence-electron chi connectivity index (χ2n) is 9.89. The van der Waals surface area contributed by atoms with E-state index in [-0.39, 0.29) is 23.8 Å². The topological polar surface area (TPSA) is 86.4 Å². The number of likely N-dealkylation sites (tertiary alicyclic amines) is 1. The third-order valence-electron chi connectivity index (χ3n) is 6.91. The Hall–Kier alpha value is -2.77. The van der Waals surface area contributed by atoms with Crippen LogP contribution < -0.4 is 16.2 Å². The lowest BCUT2D eigenvalue weighted by Gasteiger charge is -2.30. The van der Waals surface area contributed by atoms with Gasteiger partial charge in [-0.25, -0.2) is 0 Å². The molecular formula is C26H35N5O2. The summed E-state index contributed by atoms with van der Waals surface area (Å²) in [5.74, 6) is 0.425. The average molecular weight is 450 g/mol. The summed E-state index contributed by atoms with van der Waals surface area (Å²) in [6, 6.07) is 12.3. The second kappa shape index (κ2) is 10.0. The Morgan fingerprint density at radius 3 is 2.76 bits per heavy atom. The Balaban J connectivity index is 1.62. The van der Waals surface area contributed by atoms with E-state index in [2.05, 4.69) is 47.1 Å². The van der Waals surface area contributed by atoms with Crippen LogP contribution in [0.1, 0.15) is 32.8 Å². The zero-order valence-corrected chi connectivity index (χ0v) is 19.8. The Morgan fingerprint density at radius 2 is 2.06 bits per heavy atom. The SMILES string of the molecule is CC(C)CNC(=O)C1(Cc2ccccc2-c2cccnc2)CCN(C(=O)C2CNNC2C)C1. The number of rotatable bonds is 7. The van der Waals surface area contributed by atoms with Crippen LogP contribution in [0.15, 0.2) is 48.8 Å². The molecule has 3 heterocycles. The van der Waals surface area contributed by atoms with Gasteiger partial charge in [-0.15, -0.1) is 0 Å². The lowest BCUT2D eigenvalue weighted by molar-refractivity contribution is -0.136. The smallest absolute Gasteiger partial charge is 0.228 e. The molecule has 0 radical (unpaired) electrons. The number of pyridine rings is 1. The van der Waals surface area contributed by atoms with Crippen LogP contribution in [0, 0.1) is 17.3 Å². The molecular weight excluding hydrogens is 414 g/mol. The van der Waals surface area contributed by atoms with Gasteiger partial charge in [0.2, 0.25) is 11.8 Å². The van der Waals surface area contributed by atoms with Crippen molar-refractivity contribution in [3.05, 3.63) is 54.4 Å². The highest BCUT2D eigenvalue weighted by Gasteiger charge is 2.48. The maximum Gasteiger partial charge on any atom is 0.228 e. The van der Waals surface area contributed by atoms with Crippen LogP contribution in [0.4, 0.5) is 0 Å². The number of nitrogens with zero attached hydrogens (tertiary/aromatic N) is 2. The van der Waals surface area contributed by atoms with Crippen molar-refractivity contribution in [2.45, 2.75) is 39.7 Å². The summed E-state index contributed by atoms with van der Waals surface area (Å²) < 4.78 is 0. The number of hydrazine groups is 1. The number of hydrogen-bond donors (Lipinski definition) is 3. The highest BCUT2D eigenvalue weighted by Crippen LogP contribution is 2.38. The van der Waals surface area contributed by atoms with Crippen molar-refractivity contribution in [1.29, 1.82) is 0 Å². The van der Waals surface area contributed by atoms with Crippen molar-refractivity contribution in [2.24, 2.45) is 17.3 Å². The number of hydrogen-bond acceptors (Lipinski definition) is 5. The molecule has 0 aliphatic carbocycles. The van der Waals surface area contributed by atoms with Crippen molar-refractivity contribution in [2.75, 3.05) is 26.2 Å². The van der Waals surface area contributed by atoms with E-state index in [1.54, 1.807) is 6.20 Å². The minimum atomic E-state index is -0.647. The van der Waals surface area contributed by atoms with E-state index in [4.69, 9.17) is 0 Å². The first-order chi connectivity index (χ1) is 15.9. The fraction of sp³-hybridized carbons (Fsp3) is 0.500. The molecule has 2 amide bonds. The maximum absolute atomic E-state index is 13.6. The van der Waals surface area contributed by atoms with Crippen molar-refractivity contribution >= 4 is 11.8 Å². The largest absolute Gasteiger partial charge is 0.355 e. The van der Waals surface area contributed by atoms with Gasteiger partial charge in [0.25, 0.3) is 0 Å². The van der Waals surface area contributed by atoms with Gasteiger partial charge in [0.05, 0.1) is 11.3 Å². The average Bonchev–Trinajstić information content (AvgIpc) is 3.45. The van der Waals surface area contributed by atoms with Gasteiger partial charge in [-0.2, -0.15) is 0 Å². The molecule has 0 bridgehead atoms. The highest BCUT2D eigenvalue weighted by atomic mass is 16.2. The number of aromatic nitrogens is 1. The van der Waals surface area contributed by atoms with Gasteiger partial charge in [-0.1, -0.05) is 44.2 Å². The van der Waals surface area contributed by atoms with E-state index in [0.717, 1.165) is 16.7 Å². The minimum Gasteiger partial charge on any atom is -0.355 e. The first-order valence-electron chi connectivity index (χ1n) is 11.9. The molecule has 7 heteroatoms. The molecule has 176 valence electrons. The Kier molecular flexibility index (Phi) is 7.10. The Bertz CT molecular complexity index is 980. The lowest BCUT2D eigenvalue weighted by atomic mass is 9.78. The summed E-state index contributed by atoms with van der Waals surface area (Å²) in [7, 11) is 0. The Labute approximate surface area is 196 Å². The number of carbonyl (C=O) groups is 2. The van der Waals surface area contributed by atoms with Crippen LogP contribution >= 0.6 is 0 Å². The molecule has 1 aromatic heterocycles. The van der Waals surface area contributed by atoms with E-state index in [9.17, 15) is 9.59 Å². The molecule has 2 aliphatic rings. The van der Waals surface area contributed by atoms with Crippen molar-refractivity contribution in [3.63, 3.8) is 0 Å². The van der Waals surface area contributed by atoms with Gasteiger partial charge < -0.3 is 10.2 Å². The standard InChI is InChI=1S/C26H35N5O2/c1-18(2)14-28-25(33)26(10-12-31(17-26)24(32)23-16-29-30-19(23)3)13-20-7-4-5-9-22(20)21-8-6-11-27-15-21/h4-9,11,15,18-19,23,29-30H,10,12-14,16-17H2,1-3H3,(H,28,33). The predicted molar refractivity (Wildman–Crippen MR) is 129 cm³/mol. The van der Waals surface area contributed by atoms with Crippen LogP contribution in [0.25, 0.3) is 11.1 Å². The van der Waals surface area contributed by atoms with Gasteiger partial charge in [-0.05, 0) is 42.9 Å². The molecule has 1 aromatic carbocycles. The van der Waals surface area contributed by atoms with Crippen LogP contribution in [-0.2, 0) is 16.0 Å². The van der Waals surface area contributed by atoms with Gasteiger partial charge in [0, 0.05) is 50.2 Å². The van der Waals surface area contributed by atoms with Crippen molar-refractivity contribution in [3.8, 4) is 11.1 Å². The van der Waals surface area contributed by atoms with Crippen LogP contribution in [0.2, 0.25) is 0 Å². The van der Waals surface area contributed by atoms with Crippen LogP contribution in [0.5, 0.6) is 0 Å². The summed E-state index contributed by atoms with van der Waals surface area (Å²) in [6.45, 7) is 8.50. The third kappa shape index (κ3) is 5.09. The van der Waals surface area contributed by atoms with Crippen LogP contribution in [0.3, 0.4) is 0 Å². The zero-order valence-electron chi connectivity index (χ0n) is 19.8. The van der Waals surface area contributed by atoms with Gasteiger partial charge in [0.1, 0.15) is 0 Å². The molecule has 0 spiro atoms. The number of carbonyl (C=O) groups excluding carboxylic acids is 2. The maximum atomic E-state index is 13.6. The first-order valence-corrected chi connectivity index (χ1v) is 11.9. The highest BCUT2D eigenvalue weighted by molar-refractivity contribution is 5.87. The molecule has 2 aliphatic heterocycles. The zero-order chi connectivity index (χ0) is 23.4. The normalized spacial score (nSPS) is 24.9. The van der Waals surface area contributed by atoms with E-state index >= 15 is 0 Å². The van der Waals surface area contributed by atoms with Gasteiger partial charge >= 0.3 is 0 Å². The van der Waals surface area contributed by atoms with Gasteiger partial charge in [-0.3, -0.25) is 25.4 Å². The quantitative estimate of drug-likeness (QED) is 0.604. The summed E-state index contributed by atoms with van der Waals surface area (Å²) in [5.41, 5.74) is 8.80. The van der Waals surface area contributed by atoms with E-state index in [1.165, 1.54) is 0 Å². The molecule has 0 saturated carbocycles. The van der Waals surface area contributed by atoms with E-state index < -0.39 is 5.41 Å². The summed E-state index contributed by atoms with van der Waals surface area (Å²) in [6.07, 6.45) is 4.87. The number of benzene rings is 1. The fourth-order valence-corrected chi connectivity index (χ4v) is 4.94. The molecule has 3 atom stereocenters. The third-order valence-corrected chi connectivity index (χ3v) is 6.91. The molecule has 7 nitrogen and oxygen atoms in total. The van der Waals surface area contributed by atoms with E-state index in [0.29, 0.717) is 44.9 Å². The molecule has 2 fully saturated rings. The van der Waals surface area contributed by atoms with Crippen LogP contribution in [-0.4, -0.2) is 53.9 Å². The monoisotopic (exact) mass is 449 g/mol. The first kappa shape index (κ1) is 23.4. The van der Waals surface area contributed by atoms with Crippen molar-refractivity contribution in [1.82, 2.24) is 26.1 Å². The number of nitrogens with one attached hydrogen (secondary N) is 3. The minimum absolute atomic E-state index is 0.0446. The molecule has 33 heavy (non-hydrogen) atoms. The second-order valence-corrected chi connectivity index (χ2v) is 9.89. The summed E-state index contributed by atoms with van der Waals surface area (Å²) in [4.78, 5) is 33.1. The van der Waals surface area contributed by atoms with E-state index in [1.807, 2.05) is 42.3 Å². The van der Waals surface area contributed by atoms with Gasteiger partial charge in [0.15, 0.2) is 0 Å². The molecule has 2 saturated heterocycles. The lowest BCUT2D eigenvalue weighted by Crippen LogP contribution is -2.47. The molecule has 3 N–H and O–H groups in total. The summed E-state index contributed by atoms with van der Waals surface area (Å²) in [5, 5.41) is 3.17. The molecule has 4 rings (SSSR count). The molecule has 3 unspecified atom stereocenters.